The van der Waals surface area contributed by atoms with Crippen LogP contribution in [0.4, 0.5) is 14.9 Å². The molecule has 0 spiro atoms. The zero-order valence-corrected chi connectivity index (χ0v) is 13.8. The minimum Gasteiger partial charge on any atom is -0.444 e. The van der Waals surface area contributed by atoms with Crippen LogP contribution in [0, 0.1) is 5.82 Å². The van der Waals surface area contributed by atoms with Crippen LogP contribution < -0.4 is 10.6 Å². The number of nitrogens with one attached hydrogen (secondary N) is 2. The van der Waals surface area contributed by atoms with Crippen molar-refractivity contribution in [1.29, 1.82) is 0 Å². The molecule has 0 aromatic heterocycles. The second-order valence-electron chi connectivity index (χ2n) is 6.62. The molecule has 0 radical (unpaired) electrons. The van der Waals surface area contributed by atoms with E-state index in [-0.39, 0.29) is 17.9 Å². The van der Waals surface area contributed by atoms with Crippen LogP contribution in [0.25, 0.3) is 0 Å². The van der Waals surface area contributed by atoms with E-state index in [0.29, 0.717) is 10.7 Å². The Morgan fingerprint density at radius 3 is 2.64 bits per heavy atom. The Morgan fingerprint density at radius 2 is 2.00 bits per heavy atom. The zero-order valence-electron chi connectivity index (χ0n) is 13.1. The molecule has 2 N–H and O–H groups in total. The van der Waals surface area contributed by atoms with Crippen LogP contribution in [0.2, 0.25) is 5.02 Å². The number of carbonyl (C=O) groups excluding carboxylic acids is 1. The summed E-state index contributed by atoms with van der Waals surface area (Å²) in [5, 5.41) is 6.54. The molecule has 6 heteroatoms. The highest BCUT2D eigenvalue weighted by molar-refractivity contribution is 6.33. The summed E-state index contributed by atoms with van der Waals surface area (Å²) >= 11 is 6.01. The Morgan fingerprint density at radius 1 is 1.32 bits per heavy atom. The van der Waals surface area contributed by atoms with Crippen LogP contribution in [0.3, 0.4) is 0 Å². The van der Waals surface area contributed by atoms with Gasteiger partial charge in [-0.25, -0.2) is 9.18 Å². The molecule has 1 amide bonds. The van der Waals surface area contributed by atoms with Gasteiger partial charge in [0, 0.05) is 12.1 Å². The van der Waals surface area contributed by atoms with Crippen molar-refractivity contribution in [3.63, 3.8) is 0 Å². The van der Waals surface area contributed by atoms with Gasteiger partial charge in [-0.2, -0.15) is 0 Å². The molecule has 2 unspecified atom stereocenters. The molecule has 1 aromatic rings. The topological polar surface area (TPSA) is 50.4 Å². The van der Waals surface area contributed by atoms with Gasteiger partial charge in [-0.1, -0.05) is 11.6 Å². The molecule has 0 bridgehead atoms. The summed E-state index contributed by atoms with van der Waals surface area (Å²) in [5.74, 6) is -0.355. The summed E-state index contributed by atoms with van der Waals surface area (Å²) < 4.78 is 18.3. The van der Waals surface area contributed by atoms with Crippen LogP contribution in [0.5, 0.6) is 0 Å². The number of benzene rings is 1. The van der Waals surface area contributed by atoms with Gasteiger partial charge in [-0.15, -0.1) is 0 Å². The third kappa shape index (κ3) is 5.05. The lowest BCUT2D eigenvalue weighted by Gasteiger charge is -2.22. The van der Waals surface area contributed by atoms with Crippen molar-refractivity contribution in [3.8, 4) is 0 Å². The van der Waals surface area contributed by atoms with E-state index in [1.165, 1.54) is 12.1 Å². The number of halogens is 2. The smallest absolute Gasteiger partial charge is 0.407 e. The maximum Gasteiger partial charge on any atom is 0.407 e. The first-order valence-electron chi connectivity index (χ1n) is 7.44. The van der Waals surface area contributed by atoms with Gasteiger partial charge < -0.3 is 15.4 Å². The van der Waals surface area contributed by atoms with Crippen molar-refractivity contribution in [2.75, 3.05) is 5.32 Å². The Balaban J connectivity index is 1.84. The third-order valence-corrected chi connectivity index (χ3v) is 3.76. The third-order valence-electron chi connectivity index (χ3n) is 3.44. The Hall–Kier alpha value is -1.49. The van der Waals surface area contributed by atoms with Crippen molar-refractivity contribution in [2.24, 2.45) is 0 Å². The second kappa shape index (κ2) is 6.73. The van der Waals surface area contributed by atoms with Crippen molar-refractivity contribution < 1.29 is 13.9 Å². The van der Waals surface area contributed by atoms with Crippen molar-refractivity contribution in [1.82, 2.24) is 5.32 Å². The normalized spacial score (nSPS) is 21.5. The number of ether oxygens (including phenoxy) is 1. The van der Waals surface area contributed by atoms with Crippen molar-refractivity contribution >= 4 is 23.4 Å². The molecule has 1 saturated carbocycles. The van der Waals surface area contributed by atoms with Gasteiger partial charge in [-0.05, 0) is 58.2 Å². The number of anilines is 1. The van der Waals surface area contributed by atoms with Gasteiger partial charge in [0.2, 0.25) is 0 Å². The molecule has 1 aliphatic rings. The average molecular weight is 329 g/mol. The monoisotopic (exact) mass is 328 g/mol. The number of amides is 1. The zero-order chi connectivity index (χ0) is 16.3. The molecule has 0 saturated heterocycles. The summed E-state index contributed by atoms with van der Waals surface area (Å²) in [7, 11) is 0. The van der Waals surface area contributed by atoms with E-state index in [9.17, 15) is 9.18 Å². The maximum absolute atomic E-state index is 13.0. The van der Waals surface area contributed by atoms with E-state index in [4.69, 9.17) is 16.3 Å². The van der Waals surface area contributed by atoms with Gasteiger partial charge in [0.15, 0.2) is 0 Å². The highest BCUT2D eigenvalue weighted by Crippen LogP contribution is 2.28. The predicted molar refractivity (Wildman–Crippen MR) is 85.8 cm³/mol. The van der Waals surface area contributed by atoms with Gasteiger partial charge in [-0.3, -0.25) is 0 Å². The summed E-state index contributed by atoms with van der Waals surface area (Å²) in [6.45, 7) is 5.51. The molecule has 1 aliphatic carbocycles. The van der Waals surface area contributed by atoms with Crippen LogP contribution in [0.1, 0.15) is 40.0 Å². The number of hydrogen-bond acceptors (Lipinski definition) is 3. The largest absolute Gasteiger partial charge is 0.444 e. The van der Waals surface area contributed by atoms with Gasteiger partial charge >= 0.3 is 6.09 Å². The molecule has 2 atom stereocenters. The lowest BCUT2D eigenvalue weighted by molar-refractivity contribution is 0.0505. The fraction of sp³-hybridized carbons (Fsp3) is 0.562. The summed E-state index contributed by atoms with van der Waals surface area (Å²) in [6, 6.07) is 4.57. The van der Waals surface area contributed by atoms with Crippen LogP contribution in [0.15, 0.2) is 18.2 Å². The highest BCUT2D eigenvalue weighted by atomic mass is 35.5. The maximum atomic E-state index is 13.0. The predicted octanol–water partition coefficient (Wildman–Crippen LogP) is 4.34. The van der Waals surface area contributed by atoms with Crippen molar-refractivity contribution in [3.05, 3.63) is 29.0 Å². The minimum atomic E-state index is -0.498. The fourth-order valence-corrected chi connectivity index (χ4v) is 2.77. The van der Waals surface area contributed by atoms with Crippen LogP contribution >= 0.6 is 11.6 Å². The Kier molecular flexibility index (Phi) is 5.16. The number of carbonyl (C=O) groups is 1. The average Bonchev–Trinajstić information content (AvgIpc) is 2.77. The van der Waals surface area contributed by atoms with E-state index < -0.39 is 11.7 Å². The standard InChI is InChI=1S/C16H22ClFN2O2/c1-16(2,3)22-15(21)20-12-6-5-11(9-12)19-14-7-4-10(18)8-13(14)17/h4,7-8,11-12,19H,5-6,9H2,1-3H3,(H,20,21). The quantitative estimate of drug-likeness (QED) is 0.868. The first kappa shape index (κ1) is 16.9. The van der Waals surface area contributed by atoms with Gasteiger partial charge in [0.1, 0.15) is 11.4 Å². The van der Waals surface area contributed by atoms with E-state index in [2.05, 4.69) is 10.6 Å². The lowest BCUT2D eigenvalue weighted by atomic mass is 10.2. The lowest BCUT2D eigenvalue weighted by Crippen LogP contribution is -2.38. The molecule has 22 heavy (non-hydrogen) atoms. The fourth-order valence-electron chi connectivity index (χ4n) is 2.54. The van der Waals surface area contributed by atoms with Crippen molar-refractivity contribution in [2.45, 2.75) is 57.7 Å². The molecule has 2 rings (SSSR count). The molecular formula is C16H22ClFN2O2. The first-order valence-corrected chi connectivity index (χ1v) is 7.82. The molecule has 0 heterocycles. The van der Waals surface area contributed by atoms with Crippen LogP contribution in [-0.4, -0.2) is 23.8 Å². The van der Waals surface area contributed by atoms with Gasteiger partial charge in [0.05, 0.1) is 10.7 Å². The summed E-state index contributed by atoms with van der Waals surface area (Å²) in [4.78, 5) is 11.8. The van der Waals surface area contributed by atoms with E-state index in [1.54, 1.807) is 6.07 Å². The van der Waals surface area contributed by atoms with Crippen LogP contribution in [-0.2, 0) is 4.74 Å². The molecule has 0 aliphatic heterocycles. The first-order chi connectivity index (χ1) is 10.2. The van der Waals surface area contributed by atoms with E-state index in [1.807, 2.05) is 20.8 Å². The molecule has 122 valence electrons. The molecule has 4 nitrogen and oxygen atoms in total. The summed E-state index contributed by atoms with van der Waals surface area (Å²) in [6.07, 6.45) is 2.18. The summed E-state index contributed by atoms with van der Waals surface area (Å²) in [5.41, 5.74) is 0.216. The number of alkyl carbamates (subject to hydrolysis) is 1. The van der Waals surface area contributed by atoms with E-state index in [0.717, 1.165) is 19.3 Å². The van der Waals surface area contributed by atoms with Gasteiger partial charge in [0.25, 0.3) is 0 Å². The SMILES string of the molecule is CC(C)(C)OC(=O)NC1CCC(Nc2ccc(F)cc2Cl)C1. The number of hydrogen-bond donors (Lipinski definition) is 2. The highest BCUT2D eigenvalue weighted by Gasteiger charge is 2.27. The molecule has 1 fully saturated rings. The molecular weight excluding hydrogens is 307 g/mol. The van der Waals surface area contributed by atoms with E-state index >= 15 is 0 Å². The second-order valence-corrected chi connectivity index (χ2v) is 7.03. The Labute approximate surface area is 135 Å². The molecule has 1 aromatic carbocycles. The number of rotatable bonds is 3. The minimum absolute atomic E-state index is 0.0755. The Bertz CT molecular complexity index is 545.